The maximum atomic E-state index is 12.1. The molecule has 29 heteroatoms. The van der Waals surface area contributed by atoms with Gasteiger partial charge in [-0.2, -0.15) is 37.9 Å². The van der Waals surface area contributed by atoms with Gasteiger partial charge in [0.2, 0.25) is 11.4 Å². The van der Waals surface area contributed by atoms with Gasteiger partial charge in [0, 0.05) is 78.5 Å². The first kappa shape index (κ1) is 77.3. The van der Waals surface area contributed by atoms with E-state index in [0.717, 1.165) is 57.4 Å². The van der Waals surface area contributed by atoms with Crippen molar-refractivity contribution in [2.24, 2.45) is 4.99 Å². The molecule has 0 atom stereocenters. The smallest absolute Gasteiger partial charge is 0.425 e. The number of carbonyl (C=O) groups is 3. The Hall–Kier alpha value is -9.82. The van der Waals surface area contributed by atoms with Crippen LogP contribution in [0.5, 0.6) is 0 Å². The number of hydrogen-bond donors (Lipinski definition) is 4. The third-order valence-corrected chi connectivity index (χ3v) is 15.8. The van der Waals surface area contributed by atoms with Crippen molar-refractivity contribution >= 4 is 113 Å². The van der Waals surface area contributed by atoms with Crippen LogP contribution in [0.25, 0.3) is 0 Å². The zero-order chi connectivity index (χ0) is 69.1. The molecular weight excluding hydrogens is 1250 g/mol. The minimum atomic E-state index is -4.40. The Morgan fingerprint density at radius 3 is 1.54 bits per heavy atom. The number of hydrogen-bond acceptors (Lipinski definition) is 20. The Kier molecular flexibility index (Phi) is 30.1. The van der Waals surface area contributed by atoms with Gasteiger partial charge in [-0.25, -0.2) is 36.2 Å². The van der Waals surface area contributed by atoms with E-state index in [1.807, 2.05) is 141 Å². The molecule has 0 spiro atoms. The zero-order valence-electron chi connectivity index (χ0n) is 50.6. The number of carbonyl (C=O) groups excluding carboxylic acids is 6. The number of aliphatic imine (C=N–C) groups is 1. The average molecular weight is 1310 g/mol. The largest absolute Gasteiger partial charge is 0.748 e. The van der Waals surface area contributed by atoms with Crippen molar-refractivity contribution in [1.82, 2.24) is 0 Å². The van der Waals surface area contributed by atoms with Crippen LogP contribution < -0.4 is 10.2 Å². The third-order valence-electron chi connectivity index (χ3n) is 14.2. The molecule has 5 aromatic carbocycles. The lowest BCUT2D eigenvalue weighted by atomic mass is 9.79. The van der Waals surface area contributed by atoms with Crippen LogP contribution in [0.15, 0.2) is 144 Å². The monoisotopic (exact) mass is 1310 g/mol. The van der Waals surface area contributed by atoms with Crippen LogP contribution in [0.1, 0.15) is 122 Å². The molecular formula is C62H67N5O21S3. The fourth-order valence-corrected chi connectivity index (χ4v) is 11.3. The van der Waals surface area contributed by atoms with Gasteiger partial charge in [-0.1, -0.05) is 81.4 Å². The summed E-state index contributed by atoms with van der Waals surface area (Å²) >= 11 is 0. The predicted molar refractivity (Wildman–Crippen MR) is 327 cm³/mol. The maximum Gasteiger partial charge on any atom is 0.425 e. The fourth-order valence-electron chi connectivity index (χ4n) is 10.4. The fraction of sp³-hybridized carbons (Fsp3) is 0.306. The van der Waals surface area contributed by atoms with Crippen molar-refractivity contribution in [3.63, 3.8) is 0 Å². The molecule has 8 rings (SSSR count). The van der Waals surface area contributed by atoms with Crippen LogP contribution in [0.4, 0.5) is 28.4 Å². The molecule has 0 saturated carbocycles. The Labute approximate surface area is 526 Å². The van der Waals surface area contributed by atoms with E-state index in [1.165, 1.54) is 0 Å². The summed E-state index contributed by atoms with van der Waals surface area (Å²) in [6, 6.07) is 35.1. The molecule has 0 saturated heterocycles. The van der Waals surface area contributed by atoms with E-state index < -0.39 is 76.5 Å². The summed E-state index contributed by atoms with van der Waals surface area (Å²) in [4.78, 5) is 90.4. The summed E-state index contributed by atoms with van der Waals surface area (Å²) in [6.07, 6.45) is 9.42. The van der Waals surface area contributed by atoms with E-state index in [-0.39, 0.29) is 54.5 Å². The minimum absolute atomic E-state index is 0.0929. The molecule has 3 heterocycles. The molecule has 0 aromatic heterocycles. The van der Waals surface area contributed by atoms with E-state index >= 15 is 0 Å². The normalized spacial score (nSPS) is 14.5. The third kappa shape index (κ3) is 22.3. The van der Waals surface area contributed by atoms with E-state index in [9.17, 15) is 55.6 Å². The van der Waals surface area contributed by atoms with Gasteiger partial charge in [0.15, 0.2) is 11.4 Å². The Morgan fingerprint density at radius 2 is 1.09 bits per heavy atom. The lowest BCUT2D eigenvalue weighted by Crippen LogP contribution is -2.29. The summed E-state index contributed by atoms with van der Waals surface area (Å²) in [7, 11) is -11.8. The second-order valence-electron chi connectivity index (χ2n) is 21.0. The van der Waals surface area contributed by atoms with Crippen molar-refractivity contribution in [2.45, 2.75) is 90.9 Å². The van der Waals surface area contributed by atoms with Gasteiger partial charge in [0.25, 0.3) is 0 Å². The number of nitrogens with zero attached hydrogens (tertiary/aromatic N) is 4. The van der Waals surface area contributed by atoms with Crippen molar-refractivity contribution in [3.8, 4) is 0 Å². The van der Waals surface area contributed by atoms with Gasteiger partial charge in [0.05, 0.1) is 70.9 Å². The SMILES string of the molecule is C(=Nc1ccccc1)Nc1ccccc1.CC1=[N+](CCCS(=O)(=O)[O-])c2cccc(C(=O)O)c2C1(C)C.CCCN1/C(=C/C=C/C2=[N+](CCCS(=O)(=O)[O-])c3cccc(C(=O)O)c3C2(C)C)C(C)(C)c2ccc(C(=O)O)cc21.O=C=O.O=C=O.O=C=O.O=S(=O)=O. The molecule has 0 fully saturated rings. The van der Waals surface area contributed by atoms with Gasteiger partial charge < -0.3 is 34.6 Å². The molecule has 484 valence electrons. The van der Waals surface area contributed by atoms with Crippen LogP contribution in [-0.2, 0) is 75.9 Å². The summed E-state index contributed by atoms with van der Waals surface area (Å²) in [6.45, 7) is 17.2. The van der Waals surface area contributed by atoms with Gasteiger partial charge in [-0.15, -0.1) is 12.6 Å². The van der Waals surface area contributed by atoms with E-state index in [0.29, 0.717) is 24.3 Å². The summed E-state index contributed by atoms with van der Waals surface area (Å²) in [5.41, 5.74) is 8.48. The number of allylic oxidation sites excluding steroid dienone is 4. The molecule has 3 aliphatic rings. The van der Waals surface area contributed by atoms with Crippen molar-refractivity contribution in [1.29, 1.82) is 0 Å². The number of para-hydroxylation sites is 2. The standard InChI is InChI=1S/C31H36N2O7S.C15H19NO5S.C13H12N2.3CO2.O3S/c1-6-16-32-24-19-20(28(34)35)14-15-22(24)30(2,3)25(32)12-8-13-26-31(4,5)27-21(29(36)37)10-7-11-23(27)33(26)17-9-18-41(38,39)40;1-10-15(2,3)13-11(14(17)18)6-4-7-12(13)16(10)8-5-9-22(19,20)21;1-3-7-12(8-4-1)14-11-15-13-9-5-2-6-10-13;3*2-1-3;1-4(2)3/h7-8,10-15,19H,6,9,16-18H2,1-5H3,(H2-,34,35,36,37,38,39,40);4,6-7H,5,8-9H2,1-3H3,(H-,17,18,19,20,21);1-11H,(H,14,15);;;;. The highest BCUT2D eigenvalue weighted by molar-refractivity contribution is 7.85. The van der Waals surface area contributed by atoms with Gasteiger partial charge in [-0.3, -0.25) is 0 Å². The second-order valence-corrected chi connectivity index (χ2v) is 24.5. The first-order chi connectivity index (χ1) is 42.6. The Balaban J connectivity index is 0.000000468. The highest BCUT2D eigenvalue weighted by atomic mass is 32.2. The molecule has 0 aliphatic carbocycles. The summed E-state index contributed by atoms with van der Waals surface area (Å²) < 4.78 is 95.3. The van der Waals surface area contributed by atoms with Gasteiger partial charge >= 0.3 is 47.0 Å². The van der Waals surface area contributed by atoms with Crippen molar-refractivity contribution < 1.29 is 106 Å². The number of benzene rings is 5. The quantitative estimate of drug-likeness (QED) is 0.0286. The number of fused-ring (bicyclic) bond motifs is 3. The number of carboxylic acid groups (broad SMARTS) is 3. The molecule has 5 aromatic rings. The Morgan fingerprint density at radius 1 is 0.637 bits per heavy atom. The molecule has 26 nitrogen and oxygen atoms in total. The van der Waals surface area contributed by atoms with E-state index in [1.54, 1.807) is 42.7 Å². The topological polar surface area (TPSA) is 414 Å². The highest BCUT2D eigenvalue weighted by Gasteiger charge is 2.48. The summed E-state index contributed by atoms with van der Waals surface area (Å²) in [5.74, 6) is -3.96. The number of carboxylic acids is 3. The first-order valence-corrected chi connectivity index (χ1v) is 31.3. The van der Waals surface area contributed by atoms with Crippen LogP contribution in [0.3, 0.4) is 0 Å². The number of nitrogens with one attached hydrogen (secondary N) is 1. The molecule has 0 unspecified atom stereocenters. The lowest BCUT2D eigenvalue weighted by molar-refractivity contribution is -0.438. The van der Waals surface area contributed by atoms with Crippen LogP contribution >= 0.6 is 0 Å². The maximum absolute atomic E-state index is 12.1. The van der Waals surface area contributed by atoms with E-state index in [2.05, 4.69) is 36.0 Å². The molecule has 91 heavy (non-hydrogen) atoms. The van der Waals surface area contributed by atoms with Gasteiger partial charge in [-0.05, 0) is 94.3 Å². The average Bonchev–Trinajstić information content (AvgIpc) is 1.61. The van der Waals surface area contributed by atoms with Crippen molar-refractivity contribution in [2.75, 3.05) is 41.4 Å². The Bertz CT molecular complexity index is 4020. The van der Waals surface area contributed by atoms with Crippen molar-refractivity contribution in [3.05, 3.63) is 173 Å². The predicted octanol–water partition coefficient (Wildman–Crippen LogP) is 7.46. The van der Waals surface area contributed by atoms with Crippen LogP contribution in [0, 0.1) is 0 Å². The molecule has 0 bridgehead atoms. The molecule has 0 radical (unpaired) electrons. The first-order valence-electron chi connectivity index (χ1n) is 27.1. The number of anilines is 2. The van der Waals surface area contributed by atoms with E-state index in [4.69, 9.17) is 41.4 Å². The van der Waals surface area contributed by atoms with Crippen LogP contribution in [-0.4, -0.2) is 148 Å². The zero-order valence-corrected chi connectivity index (χ0v) is 53.1. The molecule has 4 N–H and O–H groups in total. The highest BCUT2D eigenvalue weighted by Crippen LogP contribution is 2.49. The molecule has 0 amide bonds. The van der Waals surface area contributed by atoms with Gasteiger partial charge in [0.1, 0.15) is 13.1 Å². The number of rotatable bonds is 18. The second kappa shape index (κ2) is 35.4. The minimum Gasteiger partial charge on any atom is -0.748 e. The summed E-state index contributed by atoms with van der Waals surface area (Å²) in [5, 5.41) is 32.0. The number of aromatic carboxylic acids is 3. The van der Waals surface area contributed by atoms with Crippen LogP contribution in [0.2, 0.25) is 0 Å². The lowest BCUT2D eigenvalue weighted by Gasteiger charge is -2.26. The molecule has 3 aliphatic heterocycles.